The number of amides is 1. The van der Waals surface area contributed by atoms with Gasteiger partial charge < -0.3 is 15.4 Å². The number of hydrogen-bond donors (Lipinski definition) is 2. The summed E-state index contributed by atoms with van der Waals surface area (Å²) in [5.41, 5.74) is 0. The van der Waals surface area contributed by atoms with E-state index in [0.717, 1.165) is 30.4 Å². The van der Waals surface area contributed by atoms with Gasteiger partial charge in [-0.2, -0.15) is 0 Å². The van der Waals surface area contributed by atoms with E-state index in [1.54, 1.807) is 6.20 Å². The third kappa shape index (κ3) is 2.22. The minimum atomic E-state index is -0.393. The molecule has 1 amide bonds. The van der Waals surface area contributed by atoms with Gasteiger partial charge >= 0.3 is 0 Å². The van der Waals surface area contributed by atoms with Crippen LogP contribution in [0.3, 0.4) is 0 Å². The highest BCUT2D eigenvalue weighted by Gasteiger charge is 2.35. The van der Waals surface area contributed by atoms with Gasteiger partial charge in [-0.3, -0.25) is 4.79 Å². The predicted molar refractivity (Wildman–Crippen MR) is 70.6 cm³/mol. The molecule has 6 heteroatoms. The van der Waals surface area contributed by atoms with Crippen molar-refractivity contribution in [3.63, 3.8) is 0 Å². The maximum absolute atomic E-state index is 12.0. The van der Waals surface area contributed by atoms with E-state index in [-0.39, 0.29) is 11.8 Å². The minimum Gasteiger partial charge on any atom is -0.476 e. The van der Waals surface area contributed by atoms with Crippen molar-refractivity contribution in [3.05, 3.63) is 16.7 Å². The first-order chi connectivity index (χ1) is 8.74. The van der Waals surface area contributed by atoms with Crippen LogP contribution in [-0.2, 0) is 4.79 Å². The molecule has 2 aliphatic heterocycles. The number of nitrogens with zero attached hydrogens (tertiary/aromatic N) is 1. The van der Waals surface area contributed by atoms with Gasteiger partial charge in [-0.1, -0.05) is 0 Å². The number of hydrogen-bond acceptors (Lipinski definition) is 4. The van der Waals surface area contributed by atoms with Crippen LogP contribution in [0.5, 0.6) is 5.75 Å². The first-order valence-electron chi connectivity index (χ1n) is 6.08. The molecular weight excluding hydrogens is 298 g/mol. The fourth-order valence-electron chi connectivity index (χ4n) is 2.44. The summed E-state index contributed by atoms with van der Waals surface area (Å²) in [4.78, 5) is 16.2. The predicted octanol–water partition coefficient (Wildman–Crippen LogP) is 1.54. The van der Waals surface area contributed by atoms with Crippen molar-refractivity contribution in [1.82, 2.24) is 10.3 Å². The average molecular weight is 312 g/mol. The van der Waals surface area contributed by atoms with Crippen LogP contribution in [0.1, 0.15) is 12.8 Å². The van der Waals surface area contributed by atoms with E-state index >= 15 is 0 Å². The van der Waals surface area contributed by atoms with Crippen molar-refractivity contribution in [3.8, 4) is 5.75 Å². The number of ether oxygens (including phenoxy) is 1. The fraction of sp³-hybridized carbons (Fsp3) is 0.500. The van der Waals surface area contributed by atoms with Gasteiger partial charge in [0.25, 0.3) is 5.91 Å². The highest BCUT2D eigenvalue weighted by Crippen LogP contribution is 2.33. The summed E-state index contributed by atoms with van der Waals surface area (Å²) in [6.45, 7) is 1.89. The smallest absolute Gasteiger partial charge is 0.266 e. The summed E-state index contributed by atoms with van der Waals surface area (Å²) in [5.74, 6) is 1.35. The van der Waals surface area contributed by atoms with Crippen molar-refractivity contribution in [1.29, 1.82) is 0 Å². The molecule has 3 rings (SSSR count). The number of fused-ring (bicyclic) bond motifs is 1. The molecule has 5 nitrogen and oxygen atoms in total. The third-order valence-corrected chi connectivity index (χ3v) is 3.82. The lowest BCUT2D eigenvalue weighted by molar-refractivity contribution is -0.126. The standard InChI is InChI=1S/C12H14BrN3O2/c13-8-5-9-11(15-6-8)16-12(17)10(18-9)7-1-3-14-4-2-7/h5-7,10,14H,1-4H2,(H,15,16,17). The van der Waals surface area contributed by atoms with E-state index in [9.17, 15) is 4.79 Å². The molecule has 18 heavy (non-hydrogen) atoms. The van der Waals surface area contributed by atoms with Gasteiger partial charge in [0.1, 0.15) is 0 Å². The molecule has 2 N–H and O–H groups in total. The number of carbonyl (C=O) groups excluding carboxylic acids is 1. The number of anilines is 1. The molecule has 1 saturated heterocycles. The first-order valence-corrected chi connectivity index (χ1v) is 6.87. The van der Waals surface area contributed by atoms with Crippen molar-refractivity contribution >= 4 is 27.7 Å². The molecule has 1 atom stereocenters. The largest absolute Gasteiger partial charge is 0.476 e. The van der Waals surface area contributed by atoms with Crippen LogP contribution >= 0.6 is 15.9 Å². The van der Waals surface area contributed by atoms with Crippen molar-refractivity contribution < 1.29 is 9.53 Å². The van der Waals surface area contributed by atoms with Crippen LogP contribution in [0.25, 0.3) is 0 Å². The maximum atomic E-state index is 12.0. The molecule has 1 unspecified atom stereocenters. The average Bonchev–Trinajstić information content (AvgIpc) is 2.39. The molecule has 0 aliphatic carbocycles. The number of pyridine rings is 1. The summed E-state index contributed by atoms with van der Waals surface area (Å²) in [5, 5.41) is 6.11. The molecule has 1 aromatic rings. The fourth-order valence-corrected chi connectivity index (χ4v) is 2.75. The summed E-state index contributed by atoms with van der Waals surface area (Å²) in [6.07, 6.45) is 3.19. The van der Waals surface area contributed by atoms with Gasteiger partial charge in [0.05, 0.1) is 0 Å². The zero-order chi connectivity index (χ0) is 12.5. The van der Waals surface area contributed by atoms with Crippen molar-refractivity contribution in [2.45, 2.75) is 18.9 Å². The molecular formula is C12H14BrN3O2. The Morgan fingerprint density at radius 1 is 1.39 bits per heavy atom. The topological polar surface area (TPSA) is 63.2 Å². The van der Waals surface area contributed by atoms with E-state index < -0.39 is 6.10 Å². The number of nitrogens with one attached hydrogen (secondary N) is 2. The Bertz CT molecular complexity index is 474. The van der Waals surface area contributed by atoms with Crippen LogP contribution in [0.4, 0.5) is 5.82 Å². The SMILES string of the molecule is O=C1Nc2ncc(Br)cc2OC1C1CCNCC1. The van der Waals surface area contributed by atoms with E-state index in [4.69, 9.17) is 4.74 Å². The number of carbonyl (C=O) groups is 1. The van der Waals surface area contributed by atoms with Gasteiger partial charge in [0.2, 0.25) is 0 Å². The normalized spacial score (nSPS) is 24.1. The highest BCUT2D eigenvalue weighted by molar-refractivity contribution is 9.10. The second-order valence-corrected chi connectivity index (χ2v) is 5.53. The van der Waals surface area contributed by atoms with Crippen LogP contribution in [0.15, 0.2) is 16.7 Å². The molecule has 0 spiro atoms. The second kappa shape index (κ2) is 4.85. The van der Waals surface area contributed by atoms with E-state index in [1.807, 2.05) is 6.07 Å². The lowest BCUT2D eigenvalue weighted by Gasteiger charge is -2.33. The van der Waals surface area contributed by atoms with Gasteiger partial charge in [0.15, 0.2) is 17.7 Å². The molecule has 3 heterocycles. The van der Waals surface area contributed by atoms with Crippen LogP contribution in [0, 0.1) is 5.92 Å². The van der Waals surface area contributed by atoms with E-state index in [1.165, 1.54) is 0 Å². The number of piperidine rings is 1. The maximum Gasteiger partial charge on any atom is 0.266 e. The molecule has 0 aromatic carbocycles. The Hall–Kier alpha value is -1.14. The molecule has 2 aliphatic rings. The Morgan fingerprint density at radius 2 is 2.17 bits per heavy atom. The summed E-state index contributed by atoms with van der Waals surface area (Å²) >= 11 is 3.36. The molecule has 0 saturated carbocycles. The molecule has 1 fully saturated rings. The number of aromatic nitrogens is 1. The van der Waals surface area contributed by atoms with Gasteiger partial charge in [-0.25, -0.2) is 4.98 Å². The Kier molecular flexibility index (Phi) is 3.22. The zero-order valence-corrected chi connectivity index (χ0v) is 11.4. The Balaban J connectivity index is 1.83. The summed E-state index contributed by atoms with van der Waals surface area (Å²) in [6, 6.07) is 1.84. The molecule has 96 valence electrons. The van der Waals surface area contributed by atoms with Gasteiger partial charge in [-0.15, -0.1) is 0 Å². The Morgan fingerprint density at radius 3 is 2.94 bits per heavy atom. The first kappa shape index (κ1) is 11.9. The summed E-state index contributed by atoms with van der Waals surface area (Å²) < 4.78 is 6.68. The third-order valence-electron chi connectivity index (χ3n) is 3.39. The monoisotopic (exact) mass is 311 g/mol. The second-order valence-electron chi connectivity index (χ2n) is 4.62. The van der Waals surface area contributed by atoms with Crippen molar-refractivity contribution in [2.24, 2.45) is 5.92 Å². The van der Waals surface area contributed by atoms with Gasteiger partial charge in [0, 0.05) is 16.6 Å². The van der Waals surface area contributed by atoms with Crippen LogP contribution in [0.2, 0.25) is 0 Å². The van der Waals surface area contributed by atoms with Gasteiger partial charge in [-0.05, 0) is 47.9 Å². The Labute approximate surface area is 113 Å². The van der Waals surface area contributed by atoms with Crippen molar-refractivity contribution in [2.75, 3.05) is 18.4 Å². The molecule has 1 aromatic heterocycles. The lowest BCUT2D eigenvalue weighted by Crippen LogP contribution is -2.46. The number of rotatable bonds is 1. The van der Waals surface area contributed by atoms with E-state index in [2.05, 4.69) is 31.5 Å². The quantitative estimate of drug-likeness (QED) is 0.826. The molecule has 0 bridgehead atoms. The van der Waals surface area contributed by atoms with Crippen LogP contribution in [-0.4, -0.2) is 30.1 Å². The van der Waals surface area contributed by atoms with Crippen LogP contribution < -0.4 is 15.4 Å². The minimum absolute atomic E-state index is 0.0794. The molecule has 0 radical (unpaired) electrons. The highest BCUT2D eigenvalue weighted by atomic mass is 79.9. The van der Waals surface area contributed by atoms with E-state index in [0.29, 0.717) is 11.6 Å². The number of halogens is 1. The summed E-state index contributed by atoms with van der Waals surface area (Å²) in [7, 11) is 0. The zero-order valence-electron chi connectivity index (χ0n) is 9.78. The lowest BCUT2D eigenvalue weighted by atomic mass is 9.91.